The molecule has 152 valence electrons. The molecule has 3 aromatic carbocycles. The molecule has 0 heterocycles. The zero-order valence-corrected chi connectivity index (χ0v) is 17.8. The first kappa shape index (κ1) is 20.8. The summed E-state index contributed by atoms with van der Waals surface area (Å²) in [5.74, 6) is 1.51. The Hall–Kier alpha value is -2.91. The summed E-state index contributed by atoms with van der Waals surface area (Å²) in [5.41, 5.74) is 2.54. The third-order valence-electron chi connectivity index (χ3n) is 4.04. The summed E-state index contributed by atoms with van der Waals surface area (Å²) >= 11 is 0. The van der Waals surface area contributed by atoms with Crippen LogP contribution < -0.4 is 18.9 Å². The zero-order chi connectivity index (χ0) is 20.7. The van der Waals surface area contributed by atoms with Gasteiger partial charge in [0.2, 0.25) is 0 Å². The van der Waals surface area contributed by atoms with Crippen LogP contribution in [0.3, 0.4) is 0 Å². The van der Waals surface area contributed by atoms with Crippen molar-refractivity contribution in [2.45, 2.75) is 27.2 Å². The average Bonchev–Trinajstić information content (AvgIpc) is 2.67. The van der Waals surface area contributed by atoms with Gasteiger partial charge in [-0.2, -0.15) is 0 Å². The Morgan fingerprint density at radius 1 is 0.828 bits per heavy atom. The molecule has 0 amide bonds. The molecule has 0 aromatic heterocycles. The van der Waals surface area contributed by atoms with E-state index in [0.29, 0.717) is 29.5 Å². The molecule has 1 N–H and O–H groups in total. The molecule has 0 unspecified atom stereocenters. The lowest BCUT2D eigenvalue weighted by molar-refractivity contribution is 0.318. The summed E-state index contributed by atoms with van der Waals surface area (Å²) in [6.45, 7) is 6.48. The minimum Gasteiger partial charge on any atom is -0.491 e. The van der Waals surface area contributed by atoms with Gasteiger partial charge >= 0.3 is 7.75 Å². The third-order valence-corrected chi connectivity index (χ3v) is 5.45. The van der Waals surface area contributed by atoms with E-state index in [2.05, 4.69) is 5.09 Å². The fourth-order valence-corrected chi connectivity index (χ4v) is 4.12. The Morgan fingerprint density at radius 2 is 1.41 bits per heavy atom. The molecule has 0 saturated carbocycles. The molecule has 0 aliphatic heterocycles. The van der Waals surface area contributed by atoms with E-state index in [-0.39, 0.29) is 0 Å². The quantitative estimate of drug-likeness (QED) is 0.394. The van der Waals surface area contributed by atoms with Gasteiger partial charge in [0.25, 0.3) is 0 Å². The van der Waals surface area contributed by atoms with Crippen molar-refractivity contribution in [2.75, 3.05) is 11.7 Å². The van der Waals surface area contributed by atoms with E-state index in [1.807, 2.05) is 75.4 Å². The zero-order valence-electron chi connectivity index (χ0n) is 16.9. The maximum absolute atomic E-state index is 13.8. The monoisotopic (exact) mass is 411 g/mol. The van der Waals surface area contributed by atoms with Crippen LogP contribution in [0.2, 0.25) is 0 Å². The molecule has 29 heavy (non-hydrogen) atoms. The molecule has 0 saturated heterocycles. The van der Waals surface area contributed by atoms with Crippen molar-refractivity contribution < 1.29 is 18.3 Å². The van der Waals surface area contributed by atoms with Gasteiger partial charge in [0.15, 0.2) is 0 Å². The summed E-state index contributed by atoms with van der Waals surface area (Å²) in [6.07, 6.45) is 0.867. The first-order valence-electron chi connectivity index (χ1n) is 9.60. The third kappa shape index (κ3) is 6.03. The number of hydrogen-bond donors (Lipinski definition) is 1. The van der Waals surface area contributed by atoms with Crippen LogP contribution in [0.1, 0.15) is 24.5 Å². The van der Waals surface area contributed by atoms with Crippen molar-refractivity contribution in [3.8, 4) is 17.2 Å². The Bertz CT molecular complexity index is 954. The van der Waals surface area contributed by atoms with E-state index >= 15 is 0 Å². The van der Waals surface area contributed by atoms with E-state index in [1.54, 1.807) is 18.2 Å². The molecule has 0 radical (unpaired) electrons. The molecule has 0 aliphatic rings. The highest BCUT2D eigenvalue weighted by Gasteiger charge is 2.30. The van der Waals surface area contributed by atoms with Crippen LogP contribution >= 0.6 is 7.75 Å². The molecule has 0 atom stereocenters. The van der Waals surface area contributed by atoms with Crippen molar-refractivity contribution in [1.29, 1.82) is 0 Å². The number of hydrogen-bond acceptors (Lipinski definition) is 4. The smallest absolute Gasteiger partial charge is 0.491 e. The first-order chi connectivity index (χ1) is 14.0. The van der Waals surface area contributed by atoms with Gasteiger partial charge < -0.3 is 13.8 Å². The minimum atomic E-state index is -3.81. The van der Waals surface area contributed by atoms with Gasteiger partial charge in [0, 0.05) is 0 Å². The number of nitrogens with one attached hydrogen (secondary N) is 1. The second-order valence-electron chi connectivity index (χ2n) is 6.77. The van der Waals surface area contributed by atoms with E-state index < -0.39 is 7.75 Å². The van der Waals surface area contributed by atoms with Crippen LogP contribution in [-0.2, 0) is 4.57 Å². The molecule has 5 nitrogen and oxygen atoms in total. The Morgan fingerprint density at radius 3 is 1.97 bits per heavy atom. The van der Waals surface area contributed by atoms with Gasteiger partial charge in [-0.15, -0.1) is 0 Å². The lowest BCUT2D eigenvalue weighted by Gasteiger charge is -2.22. The first-order valence-corrected chi connectivity index (χ1v) is 11.1. The normalized spacial score (nSPS) is 11.0. The maximum Gasteiger partial charge on any atom is 0.541 e. The number of rotatable bonds is 9. The van der Waals surface area contributed by atoms with E-state index in [1.165, 1.54) is 0 Å². The van der Waals surface area contributed by atoms with Crippen molar-refractivity contribution in [1.82, 2.24) is 0 Å². The fraction of sp³-hybridized carbons (Fsp3) is 0.217. The van der Waals surface area contributed by atoms with Crippen LogP contribution in [-0.4, -0.2) is 6.61 Å². The summed E-state index contributed by atoms with van der Waals surface area (Å²) in [5, 5.41) is 2.95. The number of para-hydroxylation sites is 2. The summed E-state index contributed by atoms with van der Waals surface area (Å²) in [4.78, 5) is 0. The summed E-state index contributed by atoms with van der Waals surface area (Å²) in [7, 11) is -3.81. The van der Waals surface area contributed by atoms with Gasteiger partial charge in [-0.05, 0) is 67.8 Å². The van der Waals surface area contributed by atoms with E-state index in [9.17, 15) is 4.57 Å². The fourth-order valence-electron chi connectivity index (χ4n) is 2.73. The van der Waals surface area contributed by atoms with Crippen molar-refractivity contribution in [2.24, 2.45) is 0 Å². The van der Waals surface area contributed by atoms with Crippen molar-refractivity contribution in [3.05, 3.63) is 83.9 Å². The van der Waals surface area contributed by atoms with Crippen LogP contribution in [0.15, 0.2) is 72.8 Å². The highest BCUT2D eigenvalue weighted by atomic mass is 31.2. The molecule has 3 rings (SSSR count). The maximum atomic E-state index is 13.8. The van der Waals surface area contributed by atoms with Gasteiger partial charge in [-0.25, -0.2) is 4.57 Å². The van der Waals surface area contributed by atoms with Crippen LogP contribution in [0.25, 0.3) is 0 Å². The lowest BCUT2D eigenvalue weighted by atomic mass is 10.2. The standard InChI is InChI=1S/C23H26NO4P/c1-4-15-26-23-14-6-5-13-22(23)24-29(25,27-20-11-7-9-18(2)16-20)28-21-12-8-10-19(3)17-21/h5-14,16-17H,4,15H2,1-3H3,(H,24,25). The number of anilines is 1. The number of ether oxygens (including phenoxy) is 1. The lowest BCUT2D eigenvalue weighted by Crippen LogP contribution is -2.11. The van der Waals surface area contributed by atoms with Crippen molar-refractivity contribution in [3.63, 3.8) is 0 Å². The Labute approximate surface area is 172 Å². The van der Waals surface area contributed by atoms with Gasteiger partial charge in [-0.3, -0.25) is 5.09 Å². The highest BCUT2D eigenvalue weighted by Crippen LogP contribution is 2.50. The van der Waals surface area contributed by atoms with Gasteiger partial charge in [0.05, 0.1) is 12.3 Å². The molecular weight excluding hydrogens is 385 g/mol. The Balaban J connectivity index is 1.93. The second-order valence-corrected chi connectivity index (χ2v) is 8.35. The average molecular weight is 411 g/mol. The van der Waals surface area contributed by atoms with Crippen LogP contribution in [0.4, 0.5) is 5.69 Å². The second kappa shape index (κ2) is 9.53. The largest absolute Gasteiger partial charge is 0.541 e. The summed E-state index contributed by atoms with van der Waals surface area (Å²) < 4.78 is 31.2. The van der Waals surface area contributed by atoms with Gasteiger partial charge in [0.1, 0.15) is 17.2 Å². The van der Waals surface area contributed by atoms with Crippen LogP contribution in [0.5, 0.6) is 17.2 Å². The predicted octanol–water partition coefficient (Wildman–Crippen LogP) is 6.77. The van der Waals surface area contributed by atoms with Crippen molar-refractivity contribution >= 4 is 13.4 Å². The van der Waals surface area contributed by atoms with Gasteiger partial charge in [-0.1, -0.05) is 43.3 Å². The molecule has 6 heteroatoms. The highest BCUT2D eigenvalue weighted by molar-refractivity contribution is 7.56. The predicted molar refractivity (Wildman–Crippen MR) is 117 cm³/mol. The number of aryl methyl sites for hydroxylation is 2. The minimum absolute atomic E-state index is 0.459. The Kier molecular flexibility index (Phi) is 6.84. The molecule has 0 aliphatic carbocycles. The number of benzene rings is 3. The topological polar surface area (TPSA) is 56.8 Å². The van der Waals surface area contributed by atoms with E-state index in [0.717, 1.165) is 17.5 Å². The SMILES string of the molecule is CCCOc1ccccc1NP(=O)(Oc1cccc(C)c1)Oc1cccc(C)c1. The molecule has 3 aromatic rings. The molecule has 0 fully saturated rings. The summed E-state index contributed by atoms with van der Waals surface area (Å²) in [6, 6.07) is 22.0. The molecule has 0 spiro atoms. The molecular formula is C23H26NO4P. The van der Waals surface area contributed by atoms with Crippen LogP contribution in [0, 0.1) is 13.8 Å². The molecule has 0 bridgehead atoms. The van der Waals surface area contributed by atoms with E-state index in [4.69, 9.17) is 13.8 Å².